The van der Waals surface area contributed by atoms with Crippen LogP contribution in [0.3, 0.4) is 0 Å². The van der Waals surface area contributed by atoms with Crippen LogP contribution in [-0.2, 0) is 11.8 Å². The Kier molecular flexibility index (Phi) is 8.64. The Morgan fingerprint density at radius 1 is 0.976 bits per heavy atom. The lowest BCUT2D eigenvalue weighted by Gasteiger charge is -2.32. The molecule has 3 amide bonds. The van der Waals surface area contributed by atoms with Gasteiger partial charge in [0, 0.05) is 36.5 Å². The van der Waals surface area contributed by atoms with Crippen LogP contribution >= 0.6 is 11.6 Å². The summed E-state index contributed by atoms with van der Waals surface area (Å²) >= 11 is 6.15. The Hall–Kier alpha value is -4.17. The number of anilines is 2. The van der Waals surface area contributed by atoms with E-state index in [-0.39, 0.29) is 22.5 Å². The highest BCUT2D eigenvalue weighted by molar-refractivity contribution is 6.32. The SMILES string of the molecule is Cc1ccc(-n2nc(C(C)(C)C)cc2NC(=O)Nc2ccccc2CC2CCN(C(=O)c3cccnc3Cl)CC2)cc1. The smallest absolute Gasteiger partial charge is 0.324 e. The van der Waals surface area contributed by atoms with Gasteiger partial charge in [0.05, 0.1) is 16.9 Å². The van der Waals surface area contributed by atoms with Gasteiger partial charge in [0.2, 0.25) is 0 Å². The number of piperidine rings is 1. The van der Waals surface area contributed by atoms with E-state index >= 15 is 0 Å². The lowest BCUT2D eigenvalue weighted by atomic mass is 9.89. The summed E-state index contributed by atoms with van der Waals surface area (Å²) in [5, 5.41) is 11.1. The molecule has 3 heterocycles. The molecule has 5 rings (SSSR count). The minimum atomic E-state index is -0.329. The maximum absolute atomic E-state index is 13.3. The molecule has 1 fully saturated rings. The molecule has 1 saturated heterocycles. The highest BCUT2D eigenvalue weighted by atomic mass is 35.5. The Bertz CT molecular complexity index is 1570. The third-order valence-electron chi connectivity index (χ3n) is 7.66. The van der Waals surface area contributed by atoms with Gasteiger partial charge >= 0.3 is 6.03 Å². The van der Waals surface area contributed by atoms with Crippen molar-refractivity contribution < 1.29 is 9.59 Å². The van der Waals surface area contributed by atoms with Crippen molar-refractivity contribution in [2.24, 2.45) is 5.92 Å². The highest BCUT2D eigenvalue weighted by Crippen LogP contribution is 2.29. The summed E-state index contributed by atoms with van der Waals surface area (Å²) < 4.78 is 1.78. The normalized spacial score (nSPS) is 14.1. The molecule has 9 heteroatoms. The number of pyridine rings is 1. The minimum absolute atomic E-state index is 0.0789. The topological polar surface area (TPSA) is 92.2 Å². The van der Waals surface area contributed by atoms with E-state index in [1.165, 1.54) is 0 Å². The van der Waals surface area contributed by atoms with E-state index in [1.807, 2.05) is 60.4 Å². The summed E-state index contributed by atoms with van der Waals surface area (Å²) in [5.41, 5.74) is 5.01. The summed E-state index contributed by atoms with van der Waals surface area (Å²) in [5.74, 6) is 0.913. The first-order chi connectivity index (χ1) is 20.1. The van der Waals surface area contributed by atoms with Crippen LogP contribution in [0.5, 0.6) is 0 Å². The molecule has 0 saturated carbocycles. The molecular weight excluding hydrogens is 548 g/mol. The zero-order valence-electron chi connectivity index (χ0n) is 24.5. The molecule has 0 atom stereocenters. The van der Waals surface area contributed by atoms with Crippen LogP contribution in [0.25, 0.3) is 5.69 Å². The predicted octanol–water partition coefficient (Wildman–Crippen LogP) is 7.27. The zero-order valence-corrected chi connectivity index (χ0v) is 25.3. The van der Waals surface area contributed by atoms with E-state index < -0.39 is 0 Å². The van der Waals surface area contributed by atoms with Gasteiger partial charge in [-0.3, -0.25) is 10.1 Å². The summed E-state index contributed by atoms with van der Waals surface area (Å²) in [6.07, 6.45) is 4.13. The second-order valence-corrected chi connectivity index (χ2v) is 12.3. The molecule has 1 aliphatic heterocycles. The molecule has 8 nitrogen and oxygen atoms in total. The van der Waals surface area contributed by atoms with E-state index in [4.69, 9.17) is 16.7 Å². The number of urea groups is 1. The van der Waals surface area contributed by atoms with Crippen LogP contribution < -0.4 is 10.6 Å². The standard InChI is InChI=1S/C33H37ClN6O2/c1-22-11-13-25(14-12-22)40-29(21-28(38-40)33(2,3)4)37-32(42)36-27-10-6-5-8-24(27)20-23-15-18-39(19-16-23)31(41)26-9-7-17-35-30(26)34/h5-14,17,21,23H,15-16,18-20H2,1-4H3,(H2,36,37,42). The fourth-order valence-electron chi connectivity index (χ4n) is 5.18. The molecule has 0 unspecified atom stereocenters. The summed E-state index contributed by atoms with van der Waals surface area (Å²) in [6, 6.07) is 21.0. The van der Waals surface area contributed by atoms with Crippen molar-refractivity contribution in [2.75, 3.05) is 23.7 Å². The predicted molar refractivity (Wildman–Crippen MR) is 168 cm³/mol. The molecule has 2 N–H and O–H groups in total. The molecule has 4 aromatic rings. The van der Waals surface area contributed by atoms with Crippen molar-refractivity contribution in [2.45, 2.75) is 52.4 Å². The maximum atomic E-state index is 13.3. The number of rotatable bonds is 6. The van der Waals surface area contributed by atoms with Crippen LogP contribution in [0.15, 0.2) is 72.9 Å². The monoisotopic (exact) mass is 584 g/mol. The summed E-state index contributed by atoms with van der Waals surface area (Å²) in [4.78, 5) is 32.1. The molecule has 218 valence electrons. The van der Waals surface area contributed by atoms with E-state index in [0.717, 1.165) is 47.5 Å². The first-order valence-electron chi connectivity index (χ1n) is 14.3. The Labute approximate surface area is 252 Å². The fourth-order valence-corrected chi connectivity index (χ4v) is 5.38. The first-order valence-corrected chi connectivity index (χ1v) is 14.7. The van der Waals surface area contributed by atoms with E-state index in [0.29, 0.717) is 30.4 Å². The number of likely N-dealkylation sites (tertiary alicyclic amines) is 1. The van der Waals surface area contributed by atoms with Crippen LogP contribution in [0, 0.1) is 12.8 Å². The van der Waals surface area contributed by atoms with Gasteiger partial charge in [0.1, 0.15) is 11.0 Å². The third-order valence-corrected chi connectivity index (χ3v) is 7.96. The number of para-hydroxylation sites is 1. The van der Waals surface area contributed by atoms with Crippen LogP contribution in [0.4, 0.5) is 16.3 Å². The Balaban J connectivity index is 1.25. The number of aromatic nitrogens is 3. The van der Waals surface area contributed by atoms with Gasteiger partial charge in [-0.05, 0) is 68.0 Å². The van der Waals surface area contributed by atoms with E-state index in [2.05, 4.69) is 42.5 Å². The first kappa shape index (κ1) is 29.3. The number of halogens is 1. The number of carbonyl (C=O) groups is 2. The quantitative estimate of drug-likeness (QED) is 0.233. The van der Waals surface area contributed by atoms with Gasteiger partial charge in [0.15, 0.2) is 0 Å². The number of nitrogens with zero attached hydrogens (tertiary/aromatic N) is 4. The molecule has 0 radical (unpaired) electrons. The van der Waals surface area contributed by atoms with E-state index in [9.17, 15) is 9.59 Å². The van der Waals surface area contributed by atoms with Crippen molar-refractivity contribution in [3.63, 3.8) is 0 Å². The number of hydrogen-bond donors (Lipinski definition) is 2. The lowest BCUT2D eigenvalue weighted by Crippen LogP contribution is -2.39. The number of nitrogens with one attached hydrogen (secondary N) is 2. The largest absolute Gasteiger partial charge is 0.339 e. The van der Waals surface area contributed by atoms with Crippen molar-refractivity contribution in [3.05, 3.63) is 100 Å². The number of aryl methyl sites for hydroxylation is 1. The van der Waals surface area contributed by atoms with Gasteiger partial charge < -0.3 is 10.2 Å². The summed E-state index contributed by atoms with van der Waals surface area (Å²) in [7, 11) is 0. The zero-order chi connectivity index (χ0) is 29.9. The molecule has 2 aromatic carbocycles. The number of amides is 3. The second kappa shape index (κ2) is 12.4. The summed E-state index contributed by atoms with van der Waals surface area (Å²) in [6.45, 7) is 9.66. The van der Waals surface area contributed by atoms with Gasteiger partial charge in [-0.2, -0.15) is 5.10 Å². The Morgan fingerprint density at radius 3 is 2.38 bits per heavy atom. The molecule has 0 aliphatic carbocycles. The number of benzene rings is 2. The average molecular weight is 585 g/mol. The average Bonchev–Trinajstić information content (AvgIpc) is 3.39. The Morgan fingerprint density at radius 2 is 1.69 bits per heavy atom. The maximum Gasteiger partial charge on any atom is 0.324 e. The van der Waals surface area contributed by atoms with Crippen molar-refractivity contribution in [3.8, 4) is 5.69 Å². The van der Waals surface area contributed by atoms with Crippen LogP contribution in [0.1, 0.15) is 60.8 Å². The van der Waals surface area contributed by atoms with Crippen molar-refractivity contribution in [1.82, 2.24) is 19.7 Å². The highest BCUT2D eigenvalue weighted by Gasteiger charge is 2.26. The van der Waals surface area contributed by atoms with Crippen LogP contribution in [-0.4, -0.2) is 44.7 Å². The van der Waals surface area contributed by atoms with Crippen molar-refractivity contribution >= 4 is 35.0 Å². The number of carbonyl (C=O) groups excluding carboxylic acids is 2. The van der Waals surface area contributed by atoms with E-state index in [1.54, 1.807) is 23.0 Å². The molecule has 2 aromatic heterocycles. The molecule has 0 bridgehead atoms. The molecule has 1 aliphatic rings. The molecule has 42 heavy (non-hydrogen) atoms. The number of hydrogen-bond acceptors (Lipinski definition) is 4. The van der Waals surface area contributed by atoms with Crippen molar-refractivity contribution in [1.29, 1.82) is 0 Å². The second-order valence-electron chi connectivity index (χ2n) is 11.9. The fraction of sp³-hybridized carbons (Fsp3) is 0.333. The minimum Gasteiger partial charge on any atom is -0.339 e. The van der Waals surface area contributed by atoms with Gasteiger partial charge in [-0.1, -0.05) is 68.3 Å². The van der Waals surface area contributed by atoms with Crippen LogP contribution in [0.2, 0.25) is 5.15 Å². The van der Waals surface area contributed by atoms with Gasteiger partial charge in [-0.25, -0.2) is 14.5 Å². The molecular formula is C33H37ClN6O2. The van der Waals surface area contributed by atoms with Gasteiger partial charge in [0.25, 0.3) is 5.91 Å². The lowest BCUT2D eigenvalue weighted by molar-refractivity contribution is 0.0690. The van der Waals surface area contributed by atoms with Gasteiger partial charge in [-0.15, -0.1) is 0 Å². The molecule has 0 spiro atoms. The third kappa shape index (κ3) is 6.82.